The molecule has 0 aliphatic heterocycles. The zero-order chi connectivity index (χ0) is 15.6. The van der Waals surface area contributed by atoms with Crippen LogP contribution >= 0.6 is 11.3 Å². The second-order valence-electron chi connectivity index (χ2n) is 5.38. The van der Waals surface area contributed by atoms with Crippen molar-refractivity contribution in [2.45, 2.75) is 0 Å². The minimum absolute atomic E-state index is 0.707. The van der Waals surface area contributed by atoms with Crippen LogP contribution in [0, 0.1) is 11.3 Å². The van der Waals surface area contributed by atoms with Gasteiger partial charge in [-0.3, -0.25) is 0 Å². The molecule has 0 bridgehead atoms. The highest BCUT2D eigenvalue weighted by atomic mass is 32.1. The number of rotatable bonds is 2. The maximum Gasteiger partial charge on any atom is 0.0998 e. The van der Waals surface area contributed by atoms with E-state index in [9.17, 15) is 5.26 Å². The molecular formula is C21H13NS. The van der Waals surface area contributed by atoms with Crippen LogP contribution in [0.15, 0.2) is 72.1 Å². The summed E-state index contributed by atoms with van der Waals surface area (Å²) in [6.45, 7) is 0. The van der Waals surface area contributed by atoms with E-state index in [2.05, 4.69) is 47.8 Å². The molecule has 4 aromatic rings. The van der Waals surface area contributed by atoms with Crippen molar-refractivity contribution >= 4 is 43.8 Å². The number of nitriles is 1. The molecule has 0 spiro atoms. The largest absolute Gasteiger partial charge is 0.192 e. The summed E-state index contributed by atoms with van der Waals surface area (Å²) in [6, 6.07) is 25.1. The van der Waals surface area contributed by atoms with Gasteiger partial charge in [0.25, 0.3) is 0 Å². The Morgan fingerprint density at radius 2 is 1.61 bits per heavy atom. The van der Waals surface area contributed by atoms with E-state index in [0.717, 1.165) is 16.5 Å². The second kappa shape index (κ2) is 5.72. The fraction of sp³-hybridized carbons (Fsp3) is 0. The second-order valence-corrected chi connectivity index (χ2v) is 6.29. The van der Waals surface area contributed by atoms with Crippen LogP contribution < -0.4 is 0 Å². The zero-order valence-corrected chi connectivity index (χ0v) is 13.2. The first-order valence-corrected chi connectivity index (χ1v) is 8.31. The van der Waals surface area contributed by atoms with Crippen molar-refractivity contribution in [2.75, 3.05) is 0 Å². The standard InChI is InChI=1S/C21H13NS/c22-13-17(20-14-23-21-11-4-3-10-19(20)21)12-16-8-5-7-15-6-1-2-9-18(15)16/h1-12,14H/b17-12+. The van der Waals surface area contributed by atoms with Crippen LogP contribution in [0.25, 0.3) is 32.5 Å². The number of allylic oxidation sites excluding steroid dienone is 1. The van der Waals surface area contributed by atoms with Gasteiger partial charge in [-0.25, -0.2) is 0 Å². The van der Waals surface area contributed by atoms with Crippen LogP contribution in [-0.4, -0.2) is 0 Å². The van der Waals surface area contributed by atoms with Gasteiger partial charge in [-0.2, -0.15) is 5.26 Å². The molecule has 1 heterocycles. The summed E-state index contributed by atoms with van der Waals surface area (Å²) in [4.78, 5) is 0. The lowest BCUT2D eigenvalue weighted by atomic mass is 9.99. The molecule has 1 aromatic heterocycles. The molecule has 23 heavy (non-hydrogen) atoms. The van der Waals surface area contributed by atoms with Crippen LogP contribution in [-0.2, 0) is 0 Å². The Bertz CT molecular complexity index is 1070. The van der Waals surface area contributed by atoms with Gasteiger partial charge in [-0.15, -0.1) is 11.3 Å². The van der Waals surface area contributed by atoms with Gasteiger partial charge in [0, 0.05) is 21.0 Å². The summed E-state index contributed by atoms with van der Waals surface area (Å²) < 4.78 is 1.21. The van der Waals surface area contributed by atoms with Crippen LogP contribution in [0.4, 0.5) is 0 Å². The van der Waals surface area contributed by atoms with Gasteiger partial charge in [0.1, 0.15) is 0 Å². The lowest BCUT2D eigenvalue weighted by molar-refractivity contribution is 1.54. The van der Waals surface area contributed by atoms with Gasteiger partial charge >= 0.3 is 0 Å². The minimum Gasteiger partial charge on any atom is -0.192 e. The summed E-state index contributed by atoms with van der Waals surface area (Å²) in [6.07, 6.45) is 2.00. The van der Waals surface area contributed by atoms with E-state index < -0.39 is 0 Å². The summed E-state index contributed by atoms with van der Waals surface area (Å²) in [5.74, 6) is 0. The maximum absolute atomic E-state index is 9.68. The Hall–Kier alpha value is -2.89. The molecule has 0 aliphatic rings. The molecule has 108 valence electrons. The SMILES string of the molecule is N#C/C(=C\c1cccc2ccccc12)c1csc2ccccc12. The van der Waals surface area contributed by atoms with Gasteiger partial charge in [-0.05, 0) is 28.5 Å². The van der Waals surface area contributed by atoms with Gasteiger partial charge in [0.2, 0.25) is 0 Å². The van der Waals surface area contributed by atoms with Gasteiger partial charge in [0.05, 0.1) is 11.6 Å². The Kier molecular flexibility index (Phi) is 3.42. The number of fused-ring (bicyclic) bond motifs is 2. The zero-order valence-electron chi connectivity index (χ0n) is 12.4. The van der Waals surface area contributed by atoms with Crippen LogP contribution in [0.2, 0.25) is 0 Å². The highest BCUT2D eigenvalue weighted by Gasteiger charge is 2.09. The topological polar surface area (TPSA) is 23.8 Å². The first kappa shape index (κ1) is 13.8. The van der Waals surface area contributed by atoms with E-state index in [1.165, 1.54) is 15.5 Å². The fourth-order valence-corrected chi connectivity index (χ4v) is 3.85. The highest BCUT2D eigenvalue weighted by molar-refractivity contribution is 7.17. The van der Waals surface area contributed by atoms with Crippen molar-refractivity contribution < 1.29 is 0 Å². The molecule has 4 rings (SSSR count). The van der Waals surface area contributed by atoms with Gasteiger partial charge < -0.3 is 0 Å². The summed E-state index contributed by atoms with van der Waals surface area (Å²) in [5, 5.41) is 15.3. The molecule has 0 unspecified atom stereocenters. The average Bonchev–Trinajstić information content (AvgIpc) is 3.04. The van der Waals surface area contributed by atoms with E-state index in [-0.39, 0.29) is 0 Å². The van der Waals surface area contributed by atoms with E-state index in [4.69, 9.17) is 0 Å². The fourth-order valence-electron chi connectivity index (χ4n) is 2.89. The molecule has 0 saturated heterocycles. The Balaban J connectivity index is 1.93. The van der Waals surface area contributed by atoms with Gasteiger partial charge in [-0.1, -0.05) is 60.7 Å². The molecule has 3 aromatic carbocycles. The number of hydrogen-bond donors (Lipinski definition) is 0. The van der Waals surface area contributed by atoms with E-state index in [0.29, 0.717) is 5.57 Å². The maximum atomic E-state index is 9.68. The van der Waals surface area contributed by atoms with Crippen molar-refractivity contribution in [1.29, 1.82) is 5.26 Å². The number of hydrogen-bond acceptors (Lipinski definition) is 2. The monoisotopic (exact) mass is 311 g/mol. The number of benzene rings is 3. The van der Waals surface area contributed by atoms with Gasteiger partial charge in [0.15, 0.2) is 0 Å². The predicted octanol–water partition coefficient (Wildman–Crippen LogP) is 6.12. The van der Waals surface area contributed by atoms with E-state index in [1.807, 2.05) is 36.4 Å². The van der Waals surface area contributed by atoms with E-state index >= 15 is 0 Å². The third-order valence-electron chi connectivity index (χ3n) is 4.01. The smallest absolute Gasteiger partial charge is 0.0998 e. The van der Waals surface area contributed by atoms with Crippen LogP contribution in [0.1, 0.15) is 11.1 Å². The molecule has 0 saturated carbocycles. The molecule has 2 heteroatoms. The number of thiophene rings is 1. The molecule has 0 atom stereocenters. The Labute approximate surface area is 138 Å². The average molecular weight is 311 g/mol. The molecule has 0 fully saturated rings. The summed E-state index contributed by atoms with van der Waals surface area (Å²) in [7, 11) is 0. The third kappa shape index (κ3) is 2.42. The third-order valence-corrected chi connectivity index (χ3v) is 4.98. The quantitative estimate of drug-likeness (QED) is 0.409. The van der Waals surface area contributed by atoms with Crippen molar-refractivity contribution in [3.05, 3.63) is 83.2 Å². The van der Waals surface area contributed by atoms with Crippen molar-refractivity contribution in [1.82, 2.24) is 0 Å². The first-order chi connectivity index (χ1) is 11.4. The predicted molar refractivity (Wildman–Crippen MR) is 99.3 cm³/mol. The lowest BCUT2D eigenvalue weighted by Crippen LogP contribution is -1.82. The molecule has 1 nitrogen and oxygen atoms in total. The normalized spacial score (nSPS) is 11.7. The highest BCUT2D eigenvalue weighted by Crippen LogP contribution is 2.32. The first-order valence-electron chi connectivity index (χ1n) is 7.43. The summed E-state index contributed by atoms with van der Waals surface area (Å²) in [5.41, 5.74) is 2.80. The molecule has 0 radical (unpaired) electrons. The van der Waals surface area contributed by atoms with Crippen LogP contribution in [0.3, 0.4) is 0 Å². The van der Waals surface area contributed by atoms with E-state index in [1.54, 1.807) is 11.3 Å². The minimum atomic E-state index is 0.707. The van der Waals surface area contributed by atoms with Crippen molar-refractivity contribution in [3.63, 3.8) is 0 Å². The Morgan fingerprint density at radius 1 is 0.870 bits per heavy atom. The van der Waals surface area contributed by atoms with Crippen LogP contribution in [0.5, 0.6) is 0 Å². The summed E-state index contributed by atoms with van der Waals surface area (Å²) >= 11 is 1.68. The molecular weight excluding hydrogens is 298 g/mol. The number of nitrogens with zero attached hydrogens (tertiary/aromatic N) is 1. The van der Waals surface area contributed by atoms with Crippen molar-refractivity contribution in [2.24, 2.45) is 0 Å². The Morgan fingerprint density at radius 3 is 2.48 bits per heavy atom. The lowest BCUT2D eigenvalue weighted by Gasteiger charge is -2.03. The molecule has 0 amide bonds. The van der Waals surface area contributed by atoms with Crippen molar-refractivity contribution in [3.8, 4) is 6.07 Å². The molecule has 0 N–H and O–H groups in total. The molecule has 0 aliphatic carbocycles.